The summed E-state index contributed by atoms with van der Waals surface area (Å²) in [5.41, 5.74) is 1.93. The molecule has 8 heteroatoms. The van der Waals surface area contributed by atoms with Crippen LogP contribution in [0.4, 0.5) is 10.3 Å². The van der Waals surface area contributed by atoms with Gasteiger partial charge >= 0.3 is 0 Å². The lowest BCUT2D eigenvalue weighted by Gasteiger charge is -2.34. The molecule has 0 radical (unpaired) electrons. The summed E-state index contributed by atoms with van der Waals surface area (Å²) < 4.78 is 7.62. The zero-order valence-corrected chi connectivity index (χ0v) is 17.1. The lowest BCUT2D eigenvalue weighted by Crippen LogP contribution is -2.46. The highest BCUT2D eigenvalue weighted by atomic mass is 35.5. The molecule has 4 aromatic rings. The van der Waals surface area contributed by atoms with Crippen molar-refractivity contribution < 1.29 is 4.74 Å². The first kappa shape index (κ1) is 17.0. The number of aromatic nitrogens is 2. The van der Waals surface area contributed by atoms with Crippen LogP contribution in [0.25, 0.3) is 20.4 Å². The first-order chi connectivity index (χ1) is 13.2. The van der Waals surface area contributed by atoms with Gasteiger partial charge in [-0.05, 0) is 30.3 Å². The largest absolute Gasteiger partial charge is 0.497 e. The molecule has 0 bridgehead atoms. The van der Waals surface area contributed by atoms with Gasteiger partial charge in [0.05, 0.1) is 27.0 Å². The summed E-state index contributed by atoms with van der Waals surface area (Å²) in [6.07, 6.45) is 0. The molecular weight excluding hydrogens is 400 g/mol. The van der Waals surface area contributed by atoms with Crippen LogP contribution in [0, 0.1) is 0 Å². The van der Waals surface area contributed by atoms with Crippen molar-refractivity contribution in [3.63, 3.8) is 0 Å². The lowest BCUT2D eigenvalue weighted by atomic mass is 10.3. The van der Waals surface area contributed by atoms with Crippen LogP contribution in [0.5, 0.6) is 5.75 Å². The standard InChI is InChI=1S/C19H17ClN4OS2/c1-25-12-5-6-14-16(11-12)27-18(21-14)23-7-9-24(10-8-23)19-22-17-13(20)3-2-4-15(17)26-19/h2-6,11H,7-10H2,1H3. The van der Waals surface area contributed by atoms with Crippen molar-refractivity contribution in [2.75, 3.05) is 43.1 Å². The van der Waals surface area contributed by atoms with E-state index in [1.54, 1.807) is 29.8 Å². The summed E-state index contributed by atoms with van der Waals surface area (Å²) in [5, 5.41) is 2.84. The number of ether oxygens (including phenoxy) is 1. The Morgan fingerprint density at radius 1 is 0.926 bits per heavy atom. The fraction of sp³-hybridized carbons (Fsp3) is 0.263. The molecule has 2 aromatic carbocycles. The molecule has 5 nitrogen and oxygen atoms in total. The third kappa shape index (κ3) is 3.09. The van der Waals surface area contributed by atoms with Gasteiger partial charge in [-0.15, -0.1) is 0 Å². The van der Waals surface area contributed by atoms with E-state index in [-0.39, 0.29) is 0 Å². The highest BCUT2D eigenvalue weighted by Gasteiger charge is 2.22. The van der Waals surface area contributed by atoms with Crippen LogP contribution in [0.3, 0.4) is 0 Å². The minimum atomic E-state index is 0.721. The van der Waals surface area contributed by atoms with Gasteiger partial charge in [0.2, 0.25) is 0 Å². The van der Waals surface area contributed by atoms with E-state index >= 15 is 0 Å². The van der Waals surface area contributed by atoms with Gasteiger partial charge in [0.1, 0.15) is 11.3 Å². The van der Waals surface area contributed by atoms with E-state index in [1.807, 2.05) is 24.3 Å². The van der Waals surface area contributed by atoms with Gasteiger partial charge in [-0.2, -0.15) is 0 Å². The van der Waals surface area contributed by atoms with Gasteiger partial charge in [-0.3, -0.25) is 0 Å². The van der Waals surface area contributed by atoms with Crippen molar-refractivity contribution in [2.45, 2.75) is 0 Å². The maximum absolute atomic E-state index is 6.27. The number of piperazine rings is 1. The maximum atomic E-state index is 6.27. The molecule has 2 aromatic heterocycles. The van der Waals surface area contributed by atoms with Gasteiger partial charge in [0.15, 0.2) is 10.3 Å². The van der Waals surface area contributed by atoms with Crippen molar-refractivity contribution in [1.29, 1.82) is 0 Å². The van der Waals surface area contributed by atoms with Crippen LogP contribution >= 0.6 is 34.3 Å². The first-order valence-electron chi connectivity index (χ1n) is 8.71. The fourth-order valence-electron chi connectivity index (χ4n) is 3.28. The number of hydrogen-bond acceptors (Lipinski definition) is 7. The molecule has 0 saturated carbocycles. The monoisotopic (exact) mass is 416 g/mol. The second-order valence-corrected chi connectivity index (χ2v) is 8.81. The molecular formula is C19H17ClN4OS2. The van der Waals surface area contributed by atoms with E-state index in [4.69, 9.17) is 26.3 Å². The third-order valence-corrected chi connectivity index (χ3v) is 7.23. The molecule has 138 valence electrons. The molecule has 0 amide bonds. The van der Waals surface area contributed by atoms with E-state index in [0.717, 1.165) is 67.6 Å². The van der Waals surface area contributed by atoms with E-state index < -0.39 is 0 Å². The van der Waals surface area contributed by atoms with E-state index in [1.165, 1.54) is 0 Å². The average molecular weight is 417 g/mol. The molecule has 3 heterocycles. The zero-order chi connectivity index (χ0) is 18.4. The highest BCUT2D eigenvalue weighted by molar-refractivity contribution is 7.22. The number of benzene rings is 2. The minimum absolute atomic E-state index is 0.721. The Morgan fingerprint density at radius 2 is 1.63 bits per heavy atom. The topological polar surface area (TPSA) is 41.5 Å². The number of fused-ring (bicyclic) bond motifs is 2. The number of thiazole rings is 2. The van der Waals surface area contributed by atoms with Gasteiger partial charge < -0.3 is 14.5 Å². The van der Waals surface area contributed by atoms with Crippen molar-refractivity contribution in [1.82, 2.24) is 9.97 Å². The Kier molecular flexibility index (Phi) is 4.30. The summed E-state index contributed by atoms with van der Waals surface area (Å²) in [4.78, 5) is 14.2. The molecule has 1 saturated heterocycles. The first-order valence-corrected chi connectivity index (χ1v) is 10.7. The predicted molar refractivity (Wildman–Crippen MR) is 115 cm³/mol. The number of methoxy groups -OCH3 is 1. The summed E-state index contributed by atoms with van der Waals surface area (Å²) in [6.45, 7) is 3.72. The molecule has 0 aliphatic carbocycles. The molecule has 0 spiro atoms. The SMILES string of the molecule is COc1ccc2nc(N3CCN(c4nc5c(Cl)cccc5s4)CC3)sc2c1. The average Bonchev–Trinajstić information content (AvgIpc) is 3.32. The summed E-state index contributed by atoms with van der Waals surface area (Å²) >= 11 is 9.70. The number of hydrogen-bond donors (Lipinski definition) is 0. The van der Waals surface area contributed by atoms with Crippen molar-refractivity contribution >= 4 is 65.0 Å². The Hall–Kier alpha value is -2.09. The molecule has 27 heavy (non-hydrogen) atoms. The predicted octanol–water partition coefficient (Wildman–Crippen LogP) is 4.89. The van der Waals surface area contributed by atoms with E-state index in [2.05, 4.69) is 21.9 Å². The number of nitrogens with zero attached hydrogens (tertiary/aromatic N) is 4. The molecule has 1 fully saturated rings. The second-order valence-electron chi connectivity index (χ2n) is 6.39. The maximum Gasteiger partial charge on any atom is 0.186 e. The molecule has 1 aliphatic heterocycles. The Labute approximate surface area is 169 Å². The molecule has 0 unspecified atom stereocenters. The summed E-state index contributed by atoms with van der Waals surface area (Å²) in [6, 6.07) is 12.0. The Balaban J connectivity index is 1.34. The third-order valence-electron chi connectivity index (χ3n) is 4.76. The summed E-state index contributed by atoms with van der Waals surface area (Å²) in [5.74, 6) is 0.872. The zero-order valence-electron chi connectivity index (χ0n) is 14.7. The number of anilines is 2. The number of rotatable bonds is 3. The molecule has 0 N–H and O–H groups in total. The number of para-hydroxylation sites is 1. The van der Waals surface area contributed by atoms with Gasteiger partial charge in [-0.1, -0.05) is 40.3 Å². The molecule has 1 aliphatic rings. The van der Waals surface area contributed by atoms with Crippen LogP contribution in [0.2, 0.25) is 5.02 Å². The summed E-state index contributed by atoms with van der Waals surface area (Å²) in [7, 11) is 1.69. The van der Waals surface area contributed by atoms with E-state index in [9.17, 15) is 0 Å². The minimum Gasteiger partial charge on any atom is -0.497 e. The Morgan fingerprint density at radius 3 is 2.33 bits per heavy atom. The van der Waals surface area contributed by atoms with Crippen molar-refractivity contribution in [3.05, 3.63) is 41.4 Å². The lowest BCUT2D eigenvalue weighted by molar-refractivity contribution is 0.415. The van der Waals surface area contributed by atoms with Gasteiger partial charge in [0.25, 0.3) is 0 Å². The van der Waals surface area contributed by atoms with Crippen LogP contribution < -0.4 is 14.5 Å². The van der Waals surface area contributed by atoms with Gasteiger partial charge in [0, 0.05) is 26.2 Å². The fourth-order valence-corrected chi connectivity index (χ4v) is 5.65. The van der Waals surface area contributed by atoms with Gasteiger partial charge in [-0.25, -0.2) is 9.97 Å². The Bertz CT molecular complexity index is 1120. The quantitative estimate of drug-likeness (QED) is 0.475. The van der Waals surface area contributed by atoms with Crippen LogP contribution in [-0.2, 0) is 0 Å². The molecule has 5 rings (SSSR count). The second kappa shape index (κ2) is 6.82. The van der Waals surface area contributed by atoms with Crippen LogP contribution in [0.15, 0.2) is 36.4 Å². The highest BCUT2D eigenvalue weighted by Crippen LogP contribution is 2.35. The van der Waals surface area contributed by atoms with Crippen molar-refractivity contribution in [3.8, 4) is 5.75 Å². The van der Waals surface area contributed by atoms with E-state index in [0.29, 0.717) is 0 Å². The smallest absolute Gasteiger partial charge is 0.186 e. The van der Waals surface area contributed by atoms with Crippen LogP contribution in [0.1, 0.15) is 0 Å². The number of halogens is 1. The normalized spacial score (nSPS) is 15.0. The van der Waals surface area contributed by atoms with Crippen molar-refractivity contribution in [2.24, 2.45) is 0 Å². The molecule has 0 atom stereocenters. The van der Waals surface area contributed by atoms with Crippen LogP contribution in [-0.4, -0.2) is 43.3 Å².